The van der Waals surface area contributed by atoms with Gasteiger partial charge >= 0.3 is 0 Å². The number of nitrogens with one attached hydrogen (secondary N) is 1. The van der Waals surface area contributed by atoms with Gasteiger partial charge in [-0.05, 0) is 68.1 Å². The third-order valence-electron chi connectivity index (χ3n) is 3.83. The van der Waals surface area contributed by atoms with E-state index >= 15 is 0 Å². The third kappa shape index (κ3) is 3.78. The maximum atomic E-state index is 12.5. The standard InChI is InChI=1S/C17H20N2O3S/c1-10-5-6-11(2)15(7-10)19-17(20)14-8-12(3)13(4)16(9-14)23(18,21)22/h5-9H,1-4H3,(H,19,20)(H2,18,21,22). The number of sulfonamides is 1. The van der Waals surface area contributed by atoms with Crippen LogP contribution in [0.4, 0.5) is 5.69 Å². The zero-order valence-electron chi connectivity index (χ0n) is 13.6. The molecule has 0 saturated heterocycles. The largest absolute Gasteiger partial charge is 0.322 e. The molecule has 5 nitrogen and oxygen atoms in total. The van der Waals surface area contributed by atoms with E-state index in [4.69, 9.17) is 5.14 Å². The lowest BCUT2D eigenvalue weighted by molar-refractivity contribution is 0.102. The topological polar surface area (TPSA) is 89.3 Å². The minimum Gasteiger partial charge on any atom is -0.322 e. The fourth-order valence-electron chi connectivity index (χ4n) is 2.32. The van der Waals surface area contributed by atoms with Crippen LogP contribution >= 0.6 is 0 Å². The summed E-state index contributed by atoms with van der Waals surface area (Å²) in [6, 6.07) is 8.72. The number of aryl methyl sites for hydroxylation is 3. The summed E-state index contributed by atoms with van der Waals surface area (Å²) in [4.78, 5) is 12.4. The van der Waals surface area contributed by atoms with Crippen molar-refractivity contribution in [2.24, 2.45) is 5.14 Å². The van der Waals surface area contributed by atoms with E-state index in [0.29, 0.717) is 16.8 Å². The fraction of sp³-hybridized carbons (Fsp3) is 0.235. The number of benzene rings is 2. The smallest absolute Gasteiger partial charge is 0.255 e. The Bertz CT molecular complexity index is 887. The van der Waals surface area contributed by atoms with Crippen molar-refractivity contribution < 1.29 is 13.2 Å². The van der Waals surface area contributed by atoms with E-state index in [9.17, 15) is 13.2 Å². The van der Waals surface area contributed by atoms with Gasteiger partial charge < -0.3 is 5.32 Å². The summed E-state index contributed by atoms with van der Waals surface area (Å²) in [6.45, 7) is 7.25. The molecule has 122 valence electrons. The number of primary sulfonamides is 1. The van der Waals surface area contributed by atoms with Gasteiger partial charge in [-0.2, -0.15) is 0 Å². The van der Waals surface area contributed by atoms with Gasteiger partial charge in [0.25, 0.3) is 5.91 Å². The Kier molecular flexibility index (Phi) is 4.58. The van der Waals surface area contributed by atoms with Crippen molar-refractivity contribution in [1.29, 1.82) is 0 Å². The Morgan fingerprint density at radius 2 is 1.65 bits per heavy atom. The molecule has 0 aliphatic carbocycles. The zero-order valence-corrected chi connectivity index (χ0v) is 14.4. The number of rotatable bonds is 3. The van der Waals surface area contributed by atoms with Crippen LogP contribution in [0.5, 0.6) is 0 Å². The second-order valence-corrected chi connectivity index (χ2v) is 7.26. The highest BCUT2D eigenvalue weighted by Gasteiger charge is 2.18. The minimum atomic E-state index is -3.88. The van der Waals surface area contributed by atoms with Crippen LogP contribution in [0.2, 0.25) is 0 Å². The summed E-state index contributed by atoms with van der Waals surface area (Å²) in [5.74, 6) is -0.369. The predicted molar refractivity (Wildman–Crippen MR) is 91.2 cm³/mol. The molecule has 23 heavy (non-hydrogen) atoms. The van der Waals surface area contributed by atoms with Crippen LogP contribution in [0.1, 0.15) is 32.6 Å². The van der Waals surface area contributed by atoms with Crippen molar-refractivity contribution >= 4 is 21.6 Å². The maximum Gasteiger partial charge on any atom is 0.255 e. The van der Waals surface area contributed by atoms with E-state index in [-0.39, 0.29) is 16.4 Å². The number of carbonyl (C=O) groups is 1. The van der Waals surface area contributed by atoms with Crippen molar-refractivity contribution in [2.45, 2.75) is 32.6 Å². The SMILES string of the molecule is Cc1ccc(C)c(NC(=O)c2cc(C)c(C)c(S(N)(=O)=O)c2)c1. The first-order valence-electron chi connectivity index (χ1n) is 7.12. The molecule has 1 amide bonds. The monoisotopic (exact) mass is 332 g/mol. The number of hydrogen-bond donors (Lipinski definition) is 2. The highest BCUT2D eigenvalue weighted by Crippen LogP contribution is 2.22. The van der Waals surface area contributed by atoms with Gasteiger partial charge in [-0.25, -0.2) is 13.6 Å². The van der Waals surface area contributed by atoms with Crippen LogP contribution in [0.25, 0.3) is 0 Å². The van der Waals surface area contributed by atoms with E-state index in [2.05, 4.69) is 5.32 Å². The lowest BCUT2D eigenvalue weighted by Crippen LogP contribution is -2.18. The van der Waals surface area contributed by atoms with E-state index in [1.54, 1.807) is 19.9 Å². The van der Waals surface area contributed by atoms with E-state index in [1.807, 2.05) is 32.0 Å². The molecule has 0 aliphatic heterocycles. The number of nitrogens with two attached hydrogens (primary N) is 1. The van der Waals surface area contributed by atoms with Crippen LogP contribution in [-0.4, -0.2) is 14.3 Å². The molecule has 0 saturated carbocycles. The summed E-state index contributed by atoms with van der Waals surface area (Å²) in [5.41, 5.74) is 4.16. The molecular weight excluding hydrogens is 312 g/mol. The van der Waals surface area contributed by atoms with Crippen molar-refractivity contribution in [1.82, 2.24) is 0 Å². The molecule has 2 rings (SSSR count). The molecule has 0 bridgehead atoms. The maximum absolute atomic E-state index is 12.5. The van der Waals surface area contributed by atoms with Gasteiger partial charge in [0.1, 0.15) is 0 Å². The molecule has 0 heterocycles. The summed E-state index contributed by atoms with van der Waals surface area (Å²) in [6.07, 6.45) is 0. The number of anilines is 1. The van der Waals surface area contributed by atoms with Crippen molar-refractivity contribution in [3.63, 3.8) is 0 Å². The predicted octanol–water partition coefficient (Wildman–Crippen LogP) is 2.82. The van der Waals surface area contributed by atoms with Crippen molar-refractivity contribution in [2.75, 3.05) is 5.32 Å². The third-order valence-corrected chi connectivity index (χ3v) is 4.87. The normalized spacial score (nSPS) is 11.3. The average Bonchev–Trinajstić information content (AvgIpc) is 2.44. The van der Waals surface area contributed by atoms with Crippen LogP contribution in [0, 0.1) is 27.7 Å². The van der Waals surface area contributed by atoms with Crippen LogP contribution in [-0.2, 0) is 10.0 Å². The Labute approximate surface area is 136 Å². The fourth-order valence-corrected chi connectivity index (χ4v) is 3.20. The summed E-state index contributed by atoms with van der Waals surface area (Å²) >= 11 is 0. The lowest BCUT2D eigenvalue weighted by atomic mass is 10.1. The Balaban J connectivity index is 2.44. The molecule has 0 aliphatic rings. The Morgan fingerprint density at radius 1 is 1.00 bits per heavy atom. The molecule has 0 fully saturated rings. The average molecular weight is 332 g/mol. The van der Waals surface area contributed by atoms with Crippen molar-refractivity contribution in [3.05, 3.63) is 58.1 Å². The molecule has 2 aromatic rings. The van der Waals surface area contributed by atoms with Gasteiger partial charge in [-0.3, -0.25) is 4.79 Å². The first-order chi connectivity index (χ1) is 10.6. The van der Waals surface area contributed by atoms with Crippen molar-refractivity contribution in [3.8, 4) is 0 Å². The second kappa shape index (κ2) is 6.14. The molecule has 0 unspecified atom stereocenters. The molecule has 0 aromatic heterocycles. The zero-order chi connectivity index (χ0) is 17.4. The van der Waals surface area contributed by atoms with Gasteiger partial charge in [0.2, 0.25) is 10.0 Å². The van der Waals surface area contributed by atoms with Crippen LogP contribution < -0.4 is 10.5 Å². The van der Waals surface area contributed by atoms with Gasteiger partial charge in [0, 0.05) is 11.3 Å². The lowest BCUT2D eigenvalue weighted by Gasteiger charge is -2.12. The molecule has 6 heteroatoms. The van der Waals surface area contributed by atoms with Gasteiger partial charge in [-0.1, -0.05) is 12.1 Å². The van der Waals surface area contributed by atoms with E-state index in [1.165, 1.54) is 6.07 Å². The van der Waals surface area contributed by atoms with Crippen LogP contribution in [0.15, 0.2) is 35.2 Å². The molecule has 3 N–H and O–H groups in total. The number of carbonyl (C=O) groups excluding carboxylic acids is 1. The second-order valence-electron chi connectivity index (χ2n) is 5.73. The van der Waals surface area contributed by atoms with E-state index in [0.717, 1.165) is 11.1 Å². The van der Waals surface area contributed by atoms with Gasteiger partial charge in [0.15, 0.2) is 0 Å². The van der Waals surface area contributed by atoms with Gasteiger partial charge in [0.05, 0.1) is 4.90 Å². The highest BCUT2D eigenvalue weighted by molar-refractivity contribution is 7.89. The molecule has 0 spiro atoms. The first kappa shape index (κ1) is 17.2. The number of amides is 1. The Hall–Kier alpha value is -2.18. The summed E-state index contributed by atoms with van der Waals surface area (Å²) in [5, 5.41) is 8.05. The minimum absolute atomic E-state index is 0.0244. The molecule has 0 atom stereocenters. The molecular formula is C17H20N2O3S. The van der Waals surface area contributed by atoms with E-state index < -0.39 is 10.0 Å². The number of hydrogen-bond acceptors (Lipinski definition) is 3. The Morgan fingerprint density at radius 3 is 2.26 bits per heavy atom. The van der Waals surface area contributed by atoms with Crippen LogP contribution in [0.3, 0.4) is 0 Å². The first-order valence-corrected chi connectivity index (χ1v) is 8.67. The van der Waals surface area contributed by atoms with Gasteiger partial charge in [-0.15, -0.1) is 0 Å². The highest BCUT2D eigenvalue weighted by atomic mass is 32.2. The summed E-state index contributed by atoms with van der Waals surface area (Å²) in [7, 11) is -3.88. The summed E-state index contributed by atoms with van der Waals surface area (Å²) < 4.78 is 23.4. The molecule has 0 radical (unpaired) electrons. The molecule has 2 aromatic carbocycles. The quantitative estimate of drug-likeness (QED) is 0.905.